The first-order valence-electron chi connectivity index (χ1n) is 7.51. The van der Waals surface area contributed by atoms with Gasteiger partial charge >= 0.3 is 12.0 Å². The van der Waals surface area contributed by atoms with Crippen molar-refractivity contribution in [1.82, 2.24) is 10.2 Å². The van der Waals surface area contributed by atoms with E-state index in [1.54, 1.807) is 12.0 Å². The van der Waals surface area contributed by atoms with Crippen LogP contribution in [0, 0.1) is 5.41 Å². The van der Waals surface area contributed by atoms with E-state index in [-0.39, 0.29) is 36.1 Å². The quantitative estimate of drug-likeness (QED) is 0.754. The van der Waals surface area contributed by atoms with Crippen LogP contribution >= 0.6 is 0 Å². The lowest BCUT2D eigenvalue weighted by Crippen LogP contribution is -2.63. The maximum Gasteiger partial charge on any atom is 0.317 e. The lowest BCUT2D eigenvalue weighted by Gasteiger charge is -2.51. The molecule has 1 fully saturated rings. The lowest BCUT2D eigenvalue weighted by atomic mass is 9.64. The highest BCUT2D eigenvalue weighted by Crippen LogP contribution is 2.42. The number of hydrogen-bond donors (Lipinski definition) is 2. The summed E-state index contributed by atoms with van der Waals surface area (Å²) in [7, 11) is 1.69. The fraction of sp³-hybridized carbons (Fsp3) is 0.867. The monoisotopic (exact) mass is 300 g/mol. The Morgan fingerprint density at radius 1 is 1.43 bits per heavy atom. The van der Waals surface area contributed by atoms with Gasteiger partial charge in [-0.3, -0.25) is 4.79 Å². The molecular formula is C15H28N2O4. The average Bonchev–Trinajstić information content (AvgIpc) is 2.37. The molecule has 6 heteroatoms. The van der Waals surface area contributed by atoms with Crippen molar-refractivity contribution in [3.63, 3.8) is 0 Å². The number of nitrogens with one attached hydrogen (secondary N) is 1. The average molecular weight is 300 g/mol. The normalized spacial score (nSPS) is 23.5. The molecule has 1 aliphatic rings. The van der Waals surface area contributed by atoms with Gasteiger partial charge in [-0.05, 0) is 26.7 Å². The van der Waals surface area contributed by atoms with Gasteiger partial charge in [0.15, 0.2) is 0 Å². The molecule has 0 aromatic rings. The smallest absolute Gasteiger partial charge is 0.317 e. The first kappa shape index (κ1) is 17.8. The second-order valence-electron chi connectivity index (χ2n) is 6.57. The number of ether oxygens (including phenoxy) is 1. The Kier molecular flexibility index (Phi) is 6.01. The summed E-state index contributed by atoms with van der Waals surface area (Å²) in [5.74, 6) is -0.831. The van der Waals surface area contributed by atoms with E-state index in [2.05, 4.69) is 19.2 Å². The molecule has 0 spiro atoms. The second kappa shape index (κ2) is 7.11. The highest BCUT2D eigenvalue weighted by molar-refractivity contribution is 5.75. The molecular weight excluding hydrogens is 272 g/mol. The van der Waals surface area contributed by atoms with Gasteiger partial charge in [0.25, 0.3) is 0 Å². The van der Waals surface area contributed by atoms with Gasteiger partial charge in [-0.2, -0.15) is 0 Å². The Morgan fingerprint density at radius 2 is 2.05 bits per heavy atom. The maximum absolute atomic E-state index is 12.4. The van der Waals surface area contributed by atoms with E-state index >= 15 is 0 Å². The number of rotatable bonds is 7. The molecule has 1 aliphatic carbocycles. The van der Waals surface area contributed by atoms with Crippen LogP contribution in [0.3, 0.4) is 0 Å². The van der Waals surface area contributed by atoms with Gasteiger partial charge in [-0.1, -0.05) is 13.8 Å². The number of carbonyl (C=O) groups excluding carboxylic acids is 1. The fourth-order valence-electron chi connectivity index (χ4n) is 2.76. The van der Waals surface area contributed by atoms with Gasteiger partial charge < -0.3 is 20.1 Å². The zero-order chi connectivity index (χ0) is 16.2. The predicted molar refractivity (Wildman–Crippen MR) is 80.2 cm³/mol. The van der Waals surface area contributed by atoms with Gasteiger partial charge in [0, 0.05) is 37.6 Å². The van der Waals surface area contributed by atoms with Gasteiger partial charge in [0.1, 0.15) is 0 Å². The van der Waals surface area contributed by atoms with Crippen molar-refractivity contribution in [2.75, 3.05) is 13.7 Å². The van der Waals surface area contributed by atoms with Gasteiger partial charge in [-0.25, -0.2) is 4.79 Å². The number of hydrogen-bond acceptors (Lipinski definition) is 3. The summed E-state index contributed by atoms with van der Waals surface area (Å²) in [4.78, 5) is 24.6. The van der Waals surface area contributed by atoms with Crippen LogP contribution in [0.1, 0.15) is 47.0 Å². The number of nitrogens with zero attached hydrogens (tertiary/aromatic N) is 1. The van der Waals surface area contributed by atoms with Crippen LogP contribution < -0.4 is 5.32 Å². The molecule has 21 heavy (non-hydrogen) atoms. The van der Waals surface area contributed by atoms with E-state index in [0.29, 0.717) is 13.0 Å². The minimum Gasteiger partial charge on any atom is -0.481 e. The molecule has 0 radical (unpaired) electrons. The first-order chi connectivity index (χ1) is 9.70. The summed E-state index contributed by atoms with van der Waals surface area (Å²) in [5, 5.41) is 11.7. The van der Waals surface area contributed by atoms with Crippen molar-refractivity contribution in [1.29, 1.82) is 0 Å². The number of methoxy groups -OCH3 is 1. The van der Waals surface area contributed by atoms with Crippen LogP contribution in [-0.2, 0) is 9.53 Å². The molecule has 2 unspecified atom stereocenters. The number of amides is 2. The zero-order valence-electron chi connectivity index (χ0n) is 13.7. The van der Waals surface area contributed by atoms with Gasteiger partial charge in [0.2, 0.25) is 0 Å². The van der Waals surface area contributed by atoms with E-state index in [9.17, 15) is 9.59 Å². The van der Waals surface area contributed by atoms with Crippen LogP contribution in [0.15, 0.2) is 0 Å². The Balaban J connectivity index is 2.52. The summed E-state index contributed by atoms with van der Waals surface area (Å²) in [6.45, 7) is 8.49. The van der Waals surface area contributed by atoms with E-state index in [0.717, 1.165) is 6.42 Å². The highest BCUT2D eigenvalue weighted by Gasteiger charge is 2.49. The molecule has 2 amide bonds. The molecule has 1 saturated carbocycles. The largest absolute Gasteiger partial charge is 0.481 e. The fourth-order valence-corrected chi connectivity index (χ4v) is 2.76. The topological polar surface area (TPSA) is 78.9 Å². The summed E-state index contributed by atoms with van der Waals surface area (Å²) in [6.07, 6.45) is 1.53. The van der Waals surface area contributed by atoms with Crippen molar-refractivity contribution in [2.45, 2.75) is 65.1 Å². The minimum absolute atomic E-state index is 0.0419. The molecule has 0 saturated heterocycles. The number of carbonyl (C=O) groups is 2. The third kappa shape index (κ3) is 4.33. The van der Waals surface area contributed by atoms with Crippen LogP contribution in [0.2, 0.25) is 0 Å². The molecule has 2 atom stereocenters. The van der Waals surface area contributed by atoms with Crippen LogP contribution in [0.25, 0.3) is 0 Å². The molecule has 2 N–H and O–H groups in total. The number of carboxylic acid groups (broad SMARTS) is 1. The maximum atomic E-state index is 12.4. The summed E-state index contributed by atoms with van der Waals surface area (Å²) < 4.78 is 5.38. The van der Waals surface area contributed by atoms with Crippen molar-refractivity contribution in [2.24, 2.45) is 5.41 Å². The molecule has 0 aromatic heterocycles. The minimum atomic E-state index is -0.831. The Morgan fingerprint density at radius 3 is 2.48 bits per heavy atom. The number of carboxylic acids is 1. The summed E-state index contributed by atoms with van der Waals surface area (Å²) in [6, 6.07) is 0.0129. The first-order valence-corrected chi connectivity index (χ1v) is 7.51. The predicted octanol–water partition coefficient (Wildman–Crippen LogP) is 2.08. The van der Waals surface area contributed by atoms with Crippen molar-refractivity contribution >= 4 is 12.0 Å². The SMILES string of the molecule is COC1CC(NC(=O)N(CCCC(=O)O)C(C)C)C1(C)C. The van der Waals surface area contributed by atoms with Gasteiger partial charge in [-0.15, -0.1) is 0 Å². The molecule has 122 valence electrons. The van der Waals surface area contributed by atoms with Crippen molar-refractivity contribution in [3.8, 4) is 0 Å². The molecule has 1 rings (SSSR count). The van der Waals surface area contributed by atoms with E-state index in [1.807, 2.05) is 13.8 Å². The second-order valence-corrected chi connectivity index (χ2v) is 6.57. The Hall–Kier alpha value is -1.30. The molecule has 6 nitrogen and oxygen atoms in total. The van der Waals surface area contributed by atoms with E-state index in [4.69, 9.17) is 9.84 Å². The third-order valence-electron chi connectivity index (χ3n) is 4.43. The zero-order valence-corrected chi connectivity index (χ0v) is 13.7. The lowest BCUT2D eigenvalue weighted by molar-refractivity contribution is -0.137. The van der Waals surface area contributed by atoms with E-state index in [1.165, 1.54) is 0 Å². The standard InChI is InChI=1S/C15H28N2O4/c1-10(2)17(8-6-7-13(18)19)14(20)16-11-9-12(21-5)15(11,3)4/h10-12H,6-9H2,1-5H3,(H,16,20)(H,18,19). The Labute approximate surface area is 126 Å². The van der Waals surface area contributed by atoms with Gasteiger partial charge in [0.05, 0.1) is 6.10 Å². The molecule has 0 aliphatic heterocycles. The van der Waals surface area contributed by atoms with Crippen LogP contribution in [0.4, 0.5) is 4.79 Å². The van der Waals surface area contributed by atoms with E-state index < -0.39 is 5.97 Å². The molecule has 0 aromatic carbocycles. The van der Waals surface area contributed by atoms with Crippen molar-refractivity contribution in [3.05, 3.63) is 0 Å². The van der Waals surface area contributed by atoms with Crippen LogP contribution in [-0.4, -0.2) is 53.8 Å². The highest BCUT2D eigenvalue weighted by atomic mass is 16.5. The van der Waals surface area contributed by atoms with Crippen molar-refractivity contribution < 1.29 is 19.4 Å². The molecule has 0 bridgehead atoms. The summed E-state index contributed by atoms with van der Waals surface area (Å²) in [5.41, 5.74) is -0.0753. The van der Waals surface area contributed by atoms with Crippen LogP contribution in [0.5, 0.6) is 0 Å². The number of aliphatic carboxylic acids is 1. The third-order valence-corrected chi connectivity index (χ3v) is 4.43. The molecule has 0 heterocycles. The summed E-state index contributed by atoms with van der Waals surface area (Å²) >= 11 is 0. The Bertz CT molecular complexity index is 382. The number of urea groups is 1.